The third kappa shape index (κ3) is 3.94. The van der Waals surface area contributed by atoms with Crippen LogP contribution in [0.3, 0.4) is 0 Å². The van der Waals surface area contributed by atoms with Crippen molar-refractivity contribution in [2.75, 3.05) is 32.5 Å². The second-order valence-electron chi connectivity index (χ2n) is 6.51. The molecule has 2 N–H and O–H groups in total. The number of fused-ring (bicyclic) bond motifs is 1. The van der Waals surface area contributed by atoms with Crippen molar-refractivity contribution in [2.45, 2.75) is 19.0 Å². The molecule has 2 unspecified atom stereocenters. The maximum absolute atomic E-state index is 12.2. The molecule has 1 aliphatic heterocycles. The van der Waals surface area contributed by atoms with E-state index in [1.807, 2.05) is 35.1 Å². The van der Waals surface area contributed by atoms with E-state index in [4.69, 9.17) is 0 Å². The number of amides is 1. The molecular formula is C18H25N5O. The minimum absolute atomic E-state index is 0.0279. The summed E-state index contributed by atoms with van der Waals surface area (Å²) in [5.74, 6) is 1.65. The Hall–Kier alpha value is -2.34. The van der Waals surface area contributed by atoms with E-state index in [0.29, 0.717) is 12.3 Å². The molecule has 0 aliphatic carbocycles. The molecule has 6 heteroatoms. The van der Waals surface area contributed by atoms with Crippen molar-refractivity contribution in [1.29, 1.82) is 0 Å². The molecule has 2 aromatic rings. The first-order chi connectivity index (χ1) is 11.6. The zero-order valence-corrected chi connectivity index (χ0v) is 14.3. The molecule has 2 atom stereocenters. The van der Waals surface area contributed by atoms with Crippen LogP contribution in [0.2, 0.25) is 0 Å². The lowest BCUT2D eigenvalue weighted by Crippen LogP contribution is -2.38. The Kier molecular flexibility index (Phi) is 5.15. The highest BCUT2D eigenvalue weighted by molar-refractivity contribution is 5.76. The van der Waals surface area contributed by atoms with E-state index < -0.39 is 0 Å². The zero-order chi connectivity index (χ0) is 16.9. The molecule has 24 heavy (non-hydrogen) atoms. The van der Waals surface area contributed by atoms with E-state index in [2.05, 4.69) is 27.9 Å². The van der Waals surface area contributed by atoms with Crippen LogP contribution in [0.1, 0.15) is 18.0 Å². The molecule has 0 fully saturated rings. The van der Waals surface area contributed by atoms with Gasteiger partial charge in [0.05, 0.1) is 6.20 Å². The normalized spacial score (nSPS) is 17.7. The van der Waals surface area contributed by atoms with E-state index in [0.717, 1.165) is 31.0 Å². The standard InChI is InChI=1S/C18H25N5O/c1-22(2)18(24)10-16(15-6-4-3-5-7-15)19-11-14-12-20-17-8-9-21-23(17)13-14/h3-9,14,16,19-20H,10-13H2,1-2H3. The van der Waals surface area contributed by atoms with Gasteiger partial charge in [0.2, 0.25) is 5.91 Å². The summed E-state index contributed by atoms with van der Waals surface area (Å²) >= 11 is 0. The summed E-state index contributed by atoms with van der Waals surface area (Å²) in [4.78, 5) is 13.8. The summed E-state index contributed by atoms with van der Waals surface area (Å²) in [6.07, 6.45) is 2.28. The van der Waals surface area contributed by atoms with Crippen LogP contribution in [0.4, 0.5) is 5.82 Å². The molecule has 0 radical (unpaired) electrons. The lowest BCUT2D eigenvalue weighted by molar-refractivity contribution is -0.129. The van der Waals surface area contributed by atoms with Crippen LogP contribution in [-0.4, -0.2) is 47.8 Å². The van der Waals surface area contributed by atoms with Crippen molar-refractivity contribution in [3.8, 4) is 0 Å². The van der Waals surface area contributed by atoms with Crippen molar-refractivity contribution in [1.82, 2.24) is 20.0 Å². The average Bonchev–Trinajstić information content (AvgIpc) is 3.06. The highest BCUT2D eigenvalue weighted by Gasteiger charge is 2.21. The molecular weight excluding hydrogens is 302 g/mol. The summed E-state index contributed by atoms with van der Waals surface area (Å²) < 4.78 is 2.00. The zero-order valence-electron chi connectivity index (χ0n) is 14.3. The highest BCUT2D eigenvalue weighted by atomic mass is 16.2. The van der Waals surface area contributed by atoms with Crippen LogP contribution >= 0.6 is 0 Å². The number of aromatic nitrogens is 2. The van der Waals surface area contributed by atoms with Gasteiger partial charge in [-0.3, -0.25) is 4.79 Å². The molecule has 1 aromatic carbocycles. The fourth-order valence-corrected chi connectivity index (χ4v) is 2.98. The molecule has 0 bridgehead atoms. The fraction of sp³-hybridized carbons (Fsp3) is 0.444. The first-order valence-corrected chi connectivity index (χ1v) is 8.37. The van der Waals surface area contributed by atoms with E-state index in [1.165, 1.54) is 0 Å². The van der Waals surface area contributed by atoms with Gasteiger partial charge in [0.15, 0.2) is 0 Å². The molecule has 128 valence electrons. The molecule has 3 rings (SSSR count). The summed E-state index contributed by atoms with van der Waals surface area (Å²) in [5, 5.41) is 11.3. The number of hydrogen-bond donors (Lipinski definition) is 2. The van der Waals surface area contributed by atoms with Crippen molar-refractivity contribution in [3.63, 3.8) is 0 Å². The van der Waals surface area contributed by atoms with Crippen molar-refractivity contribution < 1.29 is 4.79 Å². The lowest BCUT2D eigenvalue weighted by atomic mass is 10.0. The van der Waals surface area contributed by atoms with Crippen LogP contribution in [-0.2, 0) is 11.3 Å². The van der Waals surface area contributed by atoms with Crippen molar-refractivity contribution in [3.05, 3.63) is 48.2 Å². The van der Waals surface area contributed by atoms with E-state index in [1.54, 1.807) is 19.0 Å². The number of hydrogen-bond acceptors (Lipinski definition) is 4. The number of carbonyl (C=O) groups is 1. The van der Waals surface area contributed by atoms with Gasteiger partial charge < -0.3 is 15.5 Å². The summed E-state index contributed by atoms with van der Waals surface area (Å²) in [5.41, 5.74) is 1.15. The van der Waals surface area contributed by atoms with Crippen LogP contribution < -0.4 is 10.6 Å². The monoisotopic (exact) mass is 327 g/mol. The first-order valence-electron chi connectivity index (χ1n) is 8.37. The van der Waals surface area contributed by atoms with Gasteiger partial charge >= 0.3 is 0 Å². The van der Waals surface area contributed by atoms with Gasteiger partial charge in [0, 0.05) is 58.2 Å². The minimum atomic E-state index is 0.0279. The second-order valence-corrected chi connectivity index (χ2v) is 6.51. The maximum atomic E-state index is 12.2. The number of nitrogens with one attached hydrogen (secondary N) is 2. The topological polar surface area (TPSA) is 62.2 Å². The van der Waals surface area contributed by atoms with Gasteiger partial charge in [-0.1, -0.05) is 30.3 Å². The molecule has 0 spiro atoms. The van der Waals surface area contributed by atoms with Gasteiger partial charge in [0.1, 0.15) is 5.82 Å². The van der Waals surface area contributed by atoms with E-state index in [-0.39, 0.29) is 11.9 Å². The number of rotatable bonds is 6. The van der Waals surface area contributed by atoms with Gasteiger partial charge in [-0.2, -0.15) is 5.10 Å². The average molecular weight is 327 g/mol. The van der Waals surface area contributed by atoms with Crippen LogP contribution in [0.5, 0.6) is 0 Å². The fourth-order valence-electron chi connectivity index (χ4n) is 2.98. The first kappa shape index (κ1) is 16.5. The Morgan fingerprint density at radius 1 is 1.38 bits per heavy atom. The molecule has 6 nitrogen and oxygen atoms in total. The number of nitrogens with zero attached hydrogens (tertiary/aromatic N) is 3. The van der Waals surface area contributed by atoms with Crippen LogP contribution in [0.15, 0.2) is 42.6 Å². The second kappa shape index (κ2) is 7.49. The van der Waals surface area contributed by atoms with Gasteiger partial charge in [-0.15, -0.1) is 0 Å². The summed E-state index contributed by atoms with van der Waals surface area (Å²) in [7, 11) is 3.60. The molecule has 0 saturated heterocycles. The van der Waals surface area contributed by atoms with Gasteiger partial charge in [0.25, 0.3) is 0 Å². The van der Waals surface area contributed by atoms with E-state index >= 15 is 0 Å². The largest absolute Gasteiger partial charge is 0.370 e. The smallest absolute Gasteiger partial charge is 0.223 e. The summed E-state index contributed by atoms with van der Waals surface area (Å²) in [6.45, 7) is 2.65. The number of carbonyl (C=O) groups excluding carboxylic acids is 1. The minimum Gasteiger partial charge on any atom is -0.370 e. The van der Waals surface area contributed by atoms with Gasteiger partial charge in [-0.25, -0.2) is 4.68 Å². The molecule has 1 amide bonds. The predicted molar refractivity (Wildman–Crippen MR) is 94.7 cm³/mol. The Balaban J connectivity index is 1.63. The summed E-state index contributed by atoms with van der Waals surface area (Å²) in [6, 6.07) is 12.2. The Labute approximate surface area is 142 Å². The molecule has 1 aliphatic rings. The lowest BCUT2D eigenvalue weighted by Gasteiger charge is -2.28. The molecule has 1 aromatic heterocycles. The third-order valence-electron chi connectivity index (χ3n) is 4.45. The SMILES string of the molecule is CN(C)C(=O)CC(NCC1CNc2ccnn2C1)c1ccccc1. The number of benzene rings is 1. The quantitative estimate of drug-likeness (QED) is 0.848. The van der Waals surface area contributed by atoms with Crippen LogP contribution in [0.25, 0.3) is 0 Å². The molecule has 2 heterocycles. The van der Waals surface area contributed by atoms with Crippen molar-refractivity contribution >= 4 is 11.7 Å². The predicted octanol–water partition coefficient (Wildman–Crippen LogP) is 1.73. The van der Waals surface area contributed by atoms with Gasteiger partial charge in [-0.05, 0) is 5.56 Å². The van der Waals surface area contributed by atoms with Crippen LogP contribution in [0, 0.1) is 5.92 Å². The third-order valence-corrected chi connectivity index (χ3v) is 4.45. The maximum Gasteiger partial charge on any atom is 0.223 e. The Morgan fingerprint density at radius 2 is 2.17 bits per heavy atom. The Morgan fingerprint density at radius 3 is 2.92 bits per heavy atom. The Bertz CT molecular complexity index is 667. The molecule has 0 saturated carbocycles. The highest BCUT2D eigenvalue weighted by Crippen LogP contribution is 2.20. The number of anilines is 1. The van der Waals surface area contributed by atoms with Crippen molar-refractivity contribution in [2.24, 2.45) is 5.92 Å². The van der Waals surface area contributed by atoms with E-state index in [9.17, 15) is 4.79 Å².